The van der Waals surface area contributed by atoms with E-state index in [2.05, 4.69) is 50.5 Å². The number of nitriles is 1. The molecule has 31 heavy (non-hydrogen) atoms. The van der Waals surface area contributed by atoms with Gasteiger partial charge < -0.3 is 15.7 Å². The number of anilines is 1. The van der Waals surface area contributed by atoms with Crippen molar-refractivity contribution in [2.45, 2.75) is 13.8 Å². The van der Waals surface area contributed by atoms with Crippen LogP contribution in [0.4, 0.5) is 5.82 Å². The molecule has 0 spiro atoms. The van der Waals surface area contributed by atoms with Crippen LogP contribution in [0.1, 0.15) is 17.2 Å². The van der Waals surface area contributed by atoms with Crippen molar-refractivity contribution >= 4 is 50.5 Å². The first kappa shape index (κ1) is 21.6. The SMILES string of the molecule is Cc1nc2[nH]ncc2c(=O)[nH]1.Cc1nc2n[nH]c(I)c2c(=O)[nH]1.N#Cc1cn[nH]c1N. The van der Waals surface area contributed by atoms with Crippen LogP contribution in [0.3, 0.4) is 0 Å². The van der Waals surface area contributed by atoms with E-state index in [1.165, 1.54) is 12.4 Å². The van der Waals surface area contributed by atoms with Crippen molar-refractivity contribution in [1.82, 2.24) is 50.5 Å². The van der Waals surface area contributed by atoms with E-state index >= 15 is 0 Å². The van der Waals surface area contributed by atoms with E-state index in [9.17, 15) is 9.59 Å². The lowest BCUT2D eigenvalue weighted by Crippen LogP contribution is -2.09. The predicted molar refractivity (Wildman–Crippen MR) is 119 cm³/mol. The number of hydrogen-bond acceptors (Lipinski definition) is 9. The number of rotatable bonds is 0. The number of nitrogen functional groups attached to an aromatic ring is 1. The zero-order valence-corrected chi connectivity index (χ0v) is 18.3. The normalized spacial score (nSPS) is 10.1. The Morgan fingerprint density at radius 2 is 1.68 bits per heavy atom. The highest BCUT2D eigenvalue weighted by Crippen LogP contribution is 2.10. The lowest BCUT2D eigenvalue weighted by atomic mass is 10.4. The second-order valence-electron chi connectivity index (χ2n) is 5.98. The number of aryl methyl sites for hydroxylation is 2. The van der Waals surface area contributed by atoms with Crippen LogP contribution in [0.15, 0.2) is 22.0 Å². The van der Waals surface area contributed by atoms with Gasteiger partial charge in [0.2, 0.25) is 0 Å². The molecule has 0 unspecified atom stereocenters. The number of nitrogens with zero attached hydrogens (tertiary/aromatic N) is 6. The molecule has 0 saturated heterocycles. The van der Waals surface area contributed by atoms with Crippen LogP contribution in [0.2, 0.25) is 0 Å². The van der Waals surface area contributed by atoms with Gasteiger partial charge in [-0.25, -0.2) is 9.97 Å². The van der Waals surface area contributed by atoms with E-state index in [1.54, 1.807) is 13.8 Å². The summed E-state index contributed by atoms with van der Waals surface area (Å²) < 4.78 is 0.719. The number of hydrogen-bond donors (Lipinski definition) is 6. The van der Waals surface area contributed by atoms with Gasteiger partial charge in [0.25, 0.3) is 11.1 Å². The highest BCUT2D eigenvalue weighted by atomic mass is 127. The maximum atomic E-state index is 11.3. The fourth-order valence-electron chi connectivity index (χ4n) is 2.35. The number of nitrogens with two attached hydrogens (primary N) is 1. The number of aromatic amines is 5. The van der Waals surface area contributed by atoms with Gasteiger partial charge in [0.1, 0.15) is 43.6 Å². The third kappa shape index (κ3) is 4.92. The molecular weight excluding hydrogens is 519 g/mol. The molecule has 5 aromatic rings. The van der Waals surface area contributed by atoms with Gasteiger partial charge in [0, 0.05) is 0 Å². The third-order valence-corrected chi connectivity index (χ3v) is 4.51. The first-order chi connectivity index (χ1) is 14.8. The highest BCUT2D eigenvalue weighted by molar-refractivity contribution is 14.1. The first-order valence-electron chi connectivity index (χ1n) is 8.49. The molecule has 0 aliphatic carbocycles. The predicted octanol–water partition coefficient (Wildman–Crippen LogP) is 0.377. The van der Waals surface area contributed by atoms with E-state index in [0.29, 0.717) is 45.1 Å². The monoisotopic (exact) mass is 534 g/mol. The Hall–Kier alpha value is -4.07. The molecule has 0 saturated carbocycles. The van der Waals surface area contributed by atoms with Crippen molar-refractivity contribution in [3.05, 3.63) is 54.0 Å². The molecule has 14 nitrogen and oxygen atoms in total. The zero-order valence-electron chi connectivity index (χ0n) is 16.1. The minimum absolute atomic E-state index is 0.143. The Morgan fingerprint density at radius 3 is 2.32 bits per heavy atom. The number of halogens is 1. The van der Waals surface area contributed by atoms with E-state index in [-0.39, 0.29) is 11.1 Å². The molecule has 0 aliphatic heterocycles. The van der Waals surface area contributed by atoms with Crippen LogP contribution in [0, 0.1) is 28.9 Å². The van der Waals surface area contributed by atoms with Gasteiger partial charge in [0.05, 0.1) is 12.4 Å². The Bertz CT molecular complexity index is 1500. The fourth-order valence-corrected chi connectivity index (χ4v) is 2.96. The van der Waals surface area contributed by atoms with Crippen molar-refractivity contribution < 1.29 is 0 Å². The molecule has 0 fully saturated rings. The lowest BCUT2D eigenvalue weighted by Gasteiger charge is -1.89. The Kier molecular flexibility index (Phi) is 6.40. The number of aromatic nitrogens is 10. The van der Waals surface area contributed by atoms with E-state index in [4.69, 9.17) is 11.0 Å². The molecular formula is C16H15IN12O2. The maximum absolute atomic E-state index is 11.3. The summed E-state index contributed by atoms with van der Waals surface area (Å²) >= 11 is 2.01. The van der Waals surface area contributed by atoms with Gasteiger partial charge in [0.15, 0.2) is 11.3 Å². The summed E-state index contributed by atoms with van der Waals surface area (Å²) in [6.45, 7) is 3.45. The molecule has 0 aromatic carbocycles. The number of fused-ring (bicyclic) bond motifs is 2. The Morgan fingerprint density at radius 1 is 1.00 bits per heavy atom. The second kappa shape index (κ2) is 9.17. The van der Waals surface area contributed by atoms with Crippen molar-refractivity contribution in [3.63, 3.8) is 0 Å². The first-order valence-corrected chi connectivity index (χ1v) is 9.57. The van der Waals surface area contributed by atoms with Crippen LogP contribution >= 0.6 is 22.6 Å². The summed E-state index contributed by atoms with van der Waals surface area (Å²) in [5.41, 5.74) is 6.32. The molecule has 5 aromatic heterocycles. The minimum atomic E-state index is -0.152. The molecule has 0 aliphatic rings. The average molecular weight is 534 g/mol. The molecule has 5 rings (SSSR count). The molecule has 158 valence electrons. The van der Waals surface area contributed by atoms with E-state index in [1.807, 2.05) is 28.7 Å². The van der Waals surface area contributed by atoms with Gasteiger partial charge in [-0.1, -0.05) is 0 Å². The van der Waals surface area contributed by atoms with Gasteiger partial charge in [-0.05, 0) is 36.4 Å². The maximum Gasteiger partial charge on any atom is 0.263 e. The molecule has 0 bridgehead atoms. The number of nitrogens with one attached hydrogen (secondary N) is 5. The highest BCUT2D eigenvalue weighted by Gasteiger charge is 2.08. The summed E-state index contributed by atoms with van der Waals surface area (Å²) in [4.78, 5) is 35.7. The summed E-state index contributed by atoms with van der Waals surface area (Å²) in [5.74, 6) is 1.50. The fraction of sp³-hybridized carbons (Fsp3) is 0.125. The van der Waals surface area contributed by atoms with Crippen LogP contribution in [-0.4, -0.2) is 50.5 Å². The van der Waals surface area contributed by atoms with Crippen LogP contribution < -0.4 is 16.9 Å². The smallest absolute Gasteiger partial charge is 0.263 e. The Balaban J connectivity index is 0.000000135. The Labute approximate surface area is 185 Å². The summed E-state index contributed by atoms with van der Waals surface area (Å²) in [6.07, 6.45) is 2.84. The van der Waals surface area contributed by atoms with Crippen LogP contribution in [-0.2, 0) is 0 Å². The van der Waals surface area contributed by atoms with Crippen LogP contribution in [0.25, 0.3) is 22.1 Å². The minimum Gasteiger partial charge on any atom is -0.383 e. The van der Waals surface area contributed by atoms with E-state index in [0.717, 1.165) is 3.70 Å². The van der Waals surface area contributed by atoms with Gasteiger partial charge >= 0.3 is 0 Å². The largest absolute Gasteiger partial charge is 0.383 e. The summed E-state index contributed by atoms with van der Waals surface area (Å²) in [7, 11) is 0. The van der Waals surface area contributed by atoms with Crippen molar-refractivity contribution in [2.75, 3.05) is 5.73 Å². The zero-order chi connectivity index (χ0) is 22.5. The summed E-state index contributed by atoms with van der Waals surface area (Å²) in [6, 6.07) is 1.86. The van der Waals surface area contributed by atoms with Crippen molar-refractivity contribution in [1.29, 1.82) is 5.26 Å². The molecule has 15 heteroatoms. The van der Waals surface area contributed by atoms with E-state index < -0.39 is 0 Å². The average Bonchev–Trinajstić information content (AvgIpc) is 3.43. The van der Waals surface area contributed by atoms with Crippen LogP contribution in [0.5, 0.6) is 0 Å². The quantitative estimate of drug-likeness (QED) is 0.151. The molecule has 0 amide bonds. The third-order valence-electron chi connectivity index (χ3n) is 3.73. The van der Waals surface area contributed by atoms with Crippen molar-refractivity contribution in [2.24, 2.45) is 0 Å². The standard InChI is InChI=1S/C6H5IN4O.C6H6N4O.C4H4N4/c1-2-8-5-3(6(12)9-2)4(7)10-11-5;1-3-8-5-4(2-7-10-5)6(11)9-3;5-1-3-2-7-8-4(3)6/h1H3,(H2,8,9,10,11,12);2H,1H3,(H2,7,8,9,10,11);2H,(H3,6,7,8). The molecule has 0 radical (unpaired) electrons. The topological polar surface area (TPSA) is 227 Å². The molecule has 7 N–H and O–H groups in total. The second-order valence-corrected chi connectivity index (χ2v) is 7.06. The molecule has 0 atom stereocenters. The molecule has 5 heterocycles. The van der Waals surface area contributed by atoms with Gasteiger partial charge in [-0.2, -0.15) is 20.6 Å². The number of H-pyrrole nitrogens is 5. The summed E-state index contributed by atoms with van der Waals surface area (Å²) in [5, 5.41) is 28.1. The van der Waals surface area contributed by atoms with Crippen molar-refractivity contribution in [3.8, 4) is 6.07 Å². The van der Waals surface area contributed by atoms with Gasteiger partial charge in [-0.3, -0.25) is 24.9 Å². The van der Waals surface area contributed by atoms with Gasteiger partial charge in [-0.15, -0.1) is 0 Å². The lowest BCUT2D eigenvalue weighted by molar-refractivity contribution is 1.03.